The number of hydrogen-bond acceptors (Lipinski definition) is 4. The van der Waals surface area contributed by atoms with Crippen molar-refractivity contribution in [2.75, 3.05) is 32.8 Å². The third-order valence-electron chi connectivity index (χ3n) is 3.37. The molecule has 0 aromatic heterocycles. The lowest BCUT2D eigenvalue weighted by atomic mass is 10.3. The molecular weight excluding hydrogens is 336 g/mol. The maximum absolute atomic E-state index is 11.8. The van der Waals surface area contributed by atoms with Gasteiger partial charge in [0.05, 0.1) is 6.54 Å². The van der Waals surface area contributed by atoms with Crippen LogP contribution in [-0.2, 0) is 4.79 Å². The van der Waals surface area contributed by atoms with Crippen molar-refractivity contribution in [2.45, 2.75) is 18.9 Å². The summed E-state index contributed by atoms with van der Waals surface area (Å²) in [5, 5.41) is 12.8. The lowest BCUT2D eigenvalue weighted by molar-refractivity contribution is -0.129. The summed E-state index contributed by atoms with van der Waals surface area (Å²) in [6.45, 7) is 2.53. The Morgan fingerprint density at radius 3 is 2.67 bits per heavy atom. The molecule has 6 heteroatoms. The predicted octanol–water partition coefficient (Wildman–Crippen LogP) is 1.40. The molecule has 0 aliphatic carbocycles. The molecule has 1 saturated heterocycles. The molecule has 5 nitrogen and oxygen atoms in total. The lowest BCUT2D eigenvalue weighted by Crippen LogP contribution is -2.40. The van der Waals surface area contributed by atoms with Gasteiger partial charge in [-0.05, 0) is 37.1 Å². The molecule has 1 aliphatic heterocycles. The summed E-state index contributed by atoms with van der Waals surface area (Å²) >= 11 is 3.35. The first kappa shape index (κ1) is 16.3. The number of amides is 1. The van der Waals surface area contributed by atoms with Crippen LogP contribution in [0.25, 0.3) is 0 Å². The van der Waals surface area contributed by atoms with Crippen LogP contribution in [0.5, 0.6) is 5.75 Å². The molecule has 2 N–H and O–H groups in total. The molecule has 116 valence electrons. The second kappa shape index (κ2) is 8.36. The molecule has 0 bridgehead atoms. The van der Waals surface area contributed by atoms with E-state index >= 15 is 0 Å². The number of aliphatic hydroxyl groups excluding tert-OH is 1. The third-order valence-corrected chi connectivity index (χ3v) is 3.90. The number of halogens is 1. The Morgan fingerprint density at radius 1 is 1.33 bits per heavy atom. The summed E-state index contributed by atoms with van der Waals surface area (Å²) in [7, 11) is 0. The van der Waals surface area contributed by atoms with E-state index in [-0.39, 0.29) is 19.1 Å². The molecule has 0 spiro atoms. The molecule has 1 fully saturated rings. The number of carbonyl (C=O) groups excluding carboxylic acids is 1. The van der Waals surface area contributed by atoms with Gasteiger partial charge in [0.2, 0.25) is 5.91 Å². The zero-order valence-corrected chi connectivity index (χ0v) is 13.5. The van der Waals surface area contributed by atoms with E-state index in [1.54, 1.807) is 0 Å². The van der Waals surface area contributed by atoms with Crippen molar-refractivity contribution >= 4 is 21.8 Å². The normalized spacial score (nSPS) is 16.0. The maximum atomic E-state index is 11.8. The third kappa shape index (κ3) is 5.65. The number of carbonyl (C=O) groups is 1. The average Bonchev–Trinajstić information content (AvgIpc) is 3.01. The van der Waals surface area contributed by atoms with E-state index in [4.69, 9.17) is 4.74 Å². The molecule has 21 heavy (non-hydrogen) atoms. The molecule has 0 radical (unpaired) electrons. The molecule has 1 heterocycles. The van der Waals surface area contributed by atoms with Gasteiger partial charge in [0.1, 0.15) is 18.5 Å². The molecule has 1 amide bonds. The first-order valence-corrected chi connectivity index (χ1v) is 7.99. The first-order chi connectivity index (χ1) is 10.1. The lowest BCUT2D eigenvalue weighted by Gasteiger charge is -2.17. The topological polar surface area (TPSA) is 61.8 Å². The highest BCUT2D eigenvalue weighted by Crippen LogP contribution is 2.16. The number of nitrogens with zero attached hydrogens (tertiary/aromatic N) is 1. The molecule has 1 aliphatic rings. The van der Waals surface area contributed by atoms with Gasteiger partial charge in [-0.1, -0.05) is 15.9 Å². The van der Waals surface area contributed by atoms with Gasteiger partial charge in [-0.2, -0.15) is 0 Å². The Balaban J connectivity index is 1.59. The van der Waals surface area contributed by atoms with Crippen LogP contribution >= 0.6 is 15.9 Å². The van der Waals surface area contributed by atoms with Gasteiger partial charge in [-0.15, -0.1) is 0 Å². The number of hydrogen-bond donors (Lipinski definition) is 2. The van der Waals surface area contributed by atoms with Crippen molar-refractivity contribution in [3.8, 4) is 5.75 Å². The van der Waals surface area contributed by atoms with Gasteiger partial charge < -0.3 is 20.1 Å². The summed E-state index contributed by atoms with van der Waals surface area (Å²) in [4.78, 5) is 13.6. The SMILES string of the molecule is O=C(CNCC(O)COc1ccc(Br)cc1)N1CCCC1. The maximum Gasteiger partial charge on any atom is 0.236 e. The summed E-state index contributed by atoms with van der Waals surface area (Å²) in [5.74, 6) is 0.818. The van der Waals surface area contributed by atoms with Crippen LogP contribution in [-0.4, -0.2) is 54.8 Å². The second-order valence-corrected chi connectivity index (χ2v) is 6.05. The number of likely N-dealkylation sites (tertiary alicyclic amines) is 1. The van der Waals surface area contributed by atoms with Gasteiger partial charge in [-0.3, -0.25) is 4.79 Å². The van der Waals surface area contributed by atoms with Gasteiger partial charge in [-0.25, -0.2) is 0 Å². The van der Waals surface area contributed by atoms with Crippen molar-refractivity contribution in [3.05, 3.63) is 28.7 Å². The van der Waals surface area contributed by atoms with Crippen LogP contribution in [0.1, 0.15) is 12.8 Å². The van der Waals surface area contributed by atoms with E-state index in [9.17, 15) is 9.90 Å². The van der Waals surface area contributed by atoms with E-state index in [0.29, 0.717) is 12.3 Å². The Kier molecular flexibility index (Phi) is 6.48. The van der Waals surface area contributed by atoms with Crippen molar-refractivity contribution in [1.29, 1.82) is 0 Å². The fraction of sp³-hybridized carbons (Fsp3) is 0.533. The highest BCUT2D eigenvalue weighted by atomic mass is 79.9. The van der Waals surface area contributed by atoms with Crippen LogP contribution < -0.4 is 10.1 Å². The number of benzene rings is 1. The number of rotatable bonds is 7. The van der Waals surface area contributed by atoms with Crippen LogP contribution in [0, 0.1) is 0 Å². The Hall–Kier alpha value is -1.11. The Labute approximate surface area is 133 Å². The number of aliphatic hydroxyl groups is 1. The predicted molar refractivity (Wildman–Crippen MR) is 84.3 cm³/mol. The van der Waals surface area contributed by atoms with Crippen LogP contribution in [0.3, 0.4) is 0 Å². The smallest absolute Gasteiger partial charge is 0.236 e. The van der Waals surface area contributed by atoms with Crippen molar-refractivity contribution < 1.29 is 14.6 Å². The zero-order valence-electron chi connectivity index (χ0n) is 11.9. The van der Waals surface area contributed by atoms with Crippen LogP contribution in [0.2, 0.25) is 0 Å². The zero-order chi connectivity index (χ0) is 15.1. The second-order valence-electron chi connectivity index (χ2n) is 5.14. The minimum Gasteiger partial charge on any atom is -0.491 e. The van der Waals surface area contributed by atoms with Gasteiger partial charge in [0.25, 0.3) is 0 Å². The Bertz CT molecular complexity index is 447. The van der Waals surface area contributed by atoms with E-state index in [0.717, 1.165) is 30.4 Å². The average molecular weight is 357 g/mol. The standard InChI is InChI=1S/C15H21BrN2O3/c16-12-3-5-14(6-4-12)21-11-13(19)9-17-10-15(20)18-7-1-2-8-18/h3-6,13,17,19H,1-2,7-11H2. The van der Waals surface area contributed by atoms with Gasteiger partial charge >= 0.3 is 0 Å². The molecule has 1 unspecified atom stereocenters. The van der Waals surface area contributed by atoms with Crippen molar-refractivity contribution in [3.63, 3.8) is 0 Å². The van der Waals surface area contributed by atoms with E-state index in [1.165, 1.54) is 0 Å². The van der Waals surface area contributed by atoms with E-state index in [2.05, 4.69) is 21.2 Å². The molecule has 2 rings (SSSR count). The number of nitrogens with one attached hydrogen (secondary N) is 1. The number of ether oxygens (including phenoxy) is 1. The monoisotopic (exact) mass is 356 g/mol. The fourth-order valence-corrected chi connectivity index (χ4v) is 2.47. The van der Waals surface area contributed by atoms with Crippen LogP contribution in [0.4, 0.5) is 0 Å². The molecule has 0 saturated carbocycles. The highest BCUT2D eigenvalue weighted by molar-refractivity contribution is 9.10. The van der Waals surface area contributed by atoms with E-state index in [1.807, 2.05) is 29.2 Å². The largest absolute Gasteiger partial charge is 0.491 e. The summed E-state index contributed by atoms with van der Waals surface area (Å²) in [6.07, 6.45) is 1.55. The van der Waals surface area contributed by atoms with Crippen molar-refractivity contribution in [1.82, 2.24) is 10.2 Å². The fourth-order valence-electron chi connectivity index (χ4n) is 2.21. The highest BCUT2D eigenvalue weighted by Gasteiger charge is 2.17. The summed E-state index contributed by atoms with van der Waals surface area (Å²) < 4.78 is 6.46. The Morgan fingerprint density at radius 2 is 2.00 bits per heavy atom. The van der Waals surface area contributed by atoms with Crippen molar-refractivity contribution in [2.24, 2.45) is 0 Å². The first-order valence-electron chi connectivity index (χ1n) is 7.20. The molecule has 1 atom stereocenters. The van der Waals surface area contributed by atoms with Gasteiger partial charge in [0, 0.05) is 24.1 Å². The minimum absolute atomic E-state index is 0.105. The van der Waals surface area contributed by atoms with Gasteiger partial charge in [0.15, 0.2) is 0 Å². The molecule has 1 aromatic rings. The minimum atomic E-state index is -0.639. The summed E-state index contributed by atoms with van der Waals surface area (Å²) in [6, 6.07) is 7.44. The summed E-state index contributed by atoms with van der Waals surface area (Å²) in [5.41, 5.74) is 0. The van der Waals surface area contributed by atoms with Crippen LogP contribution in [0.15, 0.2) is 28.7 Å². The quantitative estimate of drug-likeness (QED) is 0.775. The van der Waals surface area contributed by atoms with E-state index < -0.39 is 6.10 Å². The molecule has 1 aromatic carbocycles. The molecular formula is C15H21BrN2O3.